The number of nitrogens with one attached hydrogen (secondary N) is 1. The fourth-order valence-electron chi connectivity index (χ4n) is 2.34. The van der Waals surface area contributed by atoms with E-state index in [1.165, 1.54) is 12.4 Å². The molecule has 0 atom stereocenters. The standard InChI is InChI=1S/C19H13N5O2/c25-18(13-6-7-16-17(10-13)21-9-8-20-16)24-14-11-22-19(23-12-14)26-15-4-2-1-3-5-15/h1-12H,(H,24,25). The quantitative estimate of drug-likeness (QED) is 0.610. The SMILES string of the molecule is O=C(Nc1cnc(Oc2ccccc2)nc1)c1ccc2nccnc2c1. The van der Waals surface area contributed by atoms with Gasteiger partial charge < -0.3 is 10.1 Å². The molecule has 0 aliphatic carbocycles. The zero-order chi connectivity index (χ0) is 17.8. The van der Waals surface area contributed by atoms with E-state index in [0.717, 1.165) is 5.52 Å². The van der Waals surface area contributed by atoms with Gasteiger partial charge in [-0.25, -0.2) is 9.97 Å². The average molecular weight is 343 g/mol. The predicted octanol–water partition coefficient (Wildman–Crippen LogP) is 3.46. The molecule has 4 aromatic rings. The van der Waals surface area contributed by atoms with Crippen molar-refractivity contribution in [2.75, 3.05) is 5.32 Å². The van der Waals surface area contributed by atoms with Gasteiger partial charge in [0.2, 0.25) is 0 Å². The van der Waals surface area contributed by atoms with E-state index in [0.29, 0.717) is 22.5 Å². The normalized spacial score (nSPS) is 10.5. The average Bonchev–Trinajstić information content (AvgIpc) is 2.70. The number of rotatable bonds is 4. The maximum atomic E-state index is 12.4. The fourth-order valence-corrected chi connectivity index (χ4v) is 2.34. The second kappa shape index (κ2) is 6.94. The molecule has 0 aliphatic heterocycles. The molecule has 0 radical (unpaired) electrons. The van der Waals surface area contributed by atoms with E-state index in [9.17, 15) is 4.79 Å². The van der Waals surface area contributed by atoms with Gasteiger partial charge in [-0.2, -0.15) is 0 Å². The van der Waals surface area contributed by atoms with Crippen LogP contribution in [0.2, 0.25) is 0 Å². The third-order valence-electron chi connectivity index (χ3n) is 3.57. The molecule has 26 heavy (non-hydrogen) atoms. The predicted molar refractivity (Wildman–Crippen MR) is 96.0 cm³/mol. The summed E-state index contributed by atoms with van der Waals surface area (Å²) in [5.74, 6) is 0.361. The number of nitrogens with zero attached hydrogens (tertiary/aromatic N) is 4. The smallest absolute Gasteiger partial charge is 0.322 e. The maximum absolute atomic E-state index is 12.4. The molecular formula is C19H13N5O2. The van der Waals surface area contributed by atoms with Gasteiger partial charge in [0.25, 0.3) is 5.91 Å². The van der Waals surface area contributed by atoms with Crippen LogP contribution in [0.4, 0.5) is 5.69 Å². The lowest BCUT2D eigenvalue weighted by atomic mass is 10.2. The fraction of sp³-hybridized carbons (Fsp3) is 0. The lowest BCUT2D eigenvalue weighted by molar-refractivity contribution is 0.102. The Balaban J connectivity index is 1.46. The second-order valence-corrected chi connectivity index (χ2v) is 5.38. The van der Waals surface area contributed by atoms with Crippen LogP contribution >= 0.6 is 0 Å². The second-order valence-electron chi connectivity index (χ2n) is 5.38. The molecule has 0 spiro atoms. The van der Waals surface area contributed by atoms with Gasteiger partial charge >= 0.3 is 6.01 Å². The van der Waals surface area contributed by atoms with E-state index in [-0.39, 0.29) is 11.9 Å². The maximum Gasteiger partial charge on any atom is 0.322 e. The monoisotopic (exact) mass is 343 g/mol. The lowest BCUT2D eigenvalue weighted by Crippen LogP contribution is -2.12. The molecule has 0 saturated heterocycles. The number of carbonyl (C=O) groups excluding carboxylic acids is 1. The van der Waals surface area contributed by atoms with Gasteiger partial charge in [0.15, 0.2) is 0 Å². The number of amides is 1. The highest BCUT2D eigenvalue weighted by atomic mass is 16.5. The van der Waals surface area contributed by atoms with Gasteiger partial charge in [0.1, 0.15) is 5.75 Å². The summed E-state index contributed by atoms with van der Waals surface area (Å²) < 4.78 is 5.52. The Morgan fingerprint density at radius 1 is 0.846 bits per heavy atom. The number of para-hydroxylation sites is 1. The Bertz CT molecular complexity index is 1050. The molecule has 1 amide bonds. The van der Waals surface area contributed by atoms with Crippen molar-refractivity contribution in [3.05, 3.63) is 78.9 Å². The summed E-state index contributed by atoms with van der Waals surface area (Å²) in [4.78, 5) is 29.0. The molecule has 0 saturated carbocycles. The Hall–Kier alpha value is -3.87. The number of benzene rings is 2. The zero-order valence-corrected chi connectivity index (χ0v) is 13.5. The van der Waals surface area contributed by atoms with Crippen molar-refractivity contribution < 1.29 is 9.53 Å². The van der Waals surface area contributed by atoms with Crippen LogP contribution < -0.4 is 10.1 Å². The Morgan fingerprint density at radius 3 is 2.35 bits per heavy atom. The van der Waals surface area contributed by atoms with Crippen LogP contribution in [0.3, 0.4) is 0 Å². The van der Waals surface area contributed by atoms with Crippen molar-refractivity contribution in [1.29, 1.82) is 0 Å². The number of ether oxygens (including phenoxy) is 1. The highest BCUT2D eigenvalue weighted by Crippen LogP contribution is 2.18. The van der Waals surface area contributed by atoms with Crippen molar-refractivity contribution in [3.8, 4) is 11.8 Å². The van der Waals surface area contributed by atoms with Crippen LogP contribution in [0.15, 0.2) is 73.3 Å². The first-order valence-corrected chi connectivity index (χ1v) is 7.85. The molecule has 2 aromatic heterocycles. The largest absolute Gasteiger partial charge is 0.424 e. The van der Waals surface area contributed by atoms with Crippen LogP contribution in [0.25, 0.3) is 11.0 Å². The molecule has 7 nitrogen and oxygen atoms in total. The van der Waals surface area contributed by atoms with Crippen LogP contribution in [0.5, 0.6) is 11.8 Å². The van der Waals surface area contributed by atoms with E-state index in [1.54, 1.807) is 30.6 Å². The molecule has 2 aromatic carbocycles. The van der Waals surface area contributed by atoms with Crippen molar-refractivity contribution in [3.63, 3.8) is 0 Å². The topological polar surface area (TPSA) is 89.9 Å². The first-order valence-electron chi connectivity index (χ1n) is 7.85. The molecule has 7 heteroatoms. The summed E-state index contributed by atoms with van der Waals surface area (Å²) in [6.07, 6.45) is 6.18. The molecule has 2 heterocycles. The number of aromatic nitrogens is 4. The summed E-state index contributed by atoms with van der Waals surface area (Å²) in [7, 11) is 0. The summed E-state index contributed by atoms with van der Waals surface area (Å²) in [5.41, 5.74) is 2.33. The first kappa shape index (κ1) is 15.6. The molecule has 0 bridgehead atoms. The van der Waals surface area contributed by atoms with Crippen LogP contribution in [0, 0.1) is 0 Å². The van der Waals surface area contributed by atoms with Gasteiger partial charge in [-0.15, -0.1) is 0 Å². The van der Waals surface area contributed by atoms with Gasteiger partial charge in [-0.1, -0.05) is 18.2 Å². The summed E-state index contributed by atoms with van der Waals surface area (Å²) in [6, 6.07) is 14.6. The van der Waals surface area contributed by atoms with Crippen molar-refractivity contribution in [2.24, 2.45) is 0 Å². The minimum atomic E-state index is -0.280. The molecule has 4 rings (SSSR count). The third kappa shape index (κ3) is 3.46. The van der Waals surface area contributed by atoms with Crippen molar-refractivity contribution in [1.82, 2.24) is 19.9 Å². The zero-order valence-electron chi connectivity index (χ0n) is 13.5. The summed E-state index contributed by atoms with van der Waals surface area (Å²) >= 11 is 0. The van der Waals surface area contributed by atoms with Crippen molar-refractivity contribution in [2.45, 2.75) is 0 Å². The van der Waals surface area contributed by atoms with Crippen LogP contribution in [-0.2, 0) is 0 Å². The minimum Gasteiger partial charge on any atom is -0.424 e. The number of carbonyl (C=O) groups is 1. The van der Waals surface area contributed by atoms with Gasteiger partial charge in [-0.3, -0.25) is 14.8 Å². The van der Waals surface area contributed by atoms with Gasteiger partial charge in [0, 0.05) is 18.0 Å². The van der Waals surface area contributed by atoms with Crippen molar-refractivity contribution >= 4 is 22.6 Å². The number of anilines is 1. The summed E-state index contributed by atoms with van der Waals surface area (Å²) in [6.45, 7) is 0. The van der Waals surface area contributed by atoms with Gasteiger partial charge in [-0.05, 0) is 30.3 Å². The van der Waals surface area contributed by atoms with E-state index >= 15 is 0 Å². The van der Waals surface area contributed by atoms with E-state index in [2.05, 4.69) is 25.3 Å². The molecular weight excluding hydrogens is 330 g/mol. The first-order chi connectivity index (χ1) is 12.8. The van der Waals surface area contributed by atoms with Crippen LogP contribution in [0.1, 0.15) is 10.4 Å². The Morgan fingerprint density at radius 2 is 1.58 bits per heavy atom. The number of fused-ring (bicyclic) bond motifs is 1. The Labute approximate surface area is 148 Å². The van der Waals surface area contributed by atoms with E-state index in [4.69, 9.17) is 4.74 Å². The van der Waals surface area contributed by atoms with Crippen LogP contribution in [-0.4, -0.2) is 25.8 Å². The van der Waals surface area contributed by atoms with Gasteiger partial charge in [0.05, 0.1) is 29.1 Å². The molecule has 0 aliphatic rings. The third-order valence-corrected chi connectivity index (χ3v) is 3.57. The molecule has 1 N–H and O–H groups in total. The molecule has 126 valence electrons. The lowest BCUT2D eigenvalue weighted by Gasteiger charge is -2.07. The Kier molecular flexibility index (Phi) is 4.17. The minimum absolute atomic E-state index is 0.204. The highest BCUT2D eigenvalue weighted by molar-refractivity contribution is 6.05. The molecule has 0 fully saturated rings. The summed E-state index contributed by atoms with van der Waals surface area (Å²) in [5, 5.41) is 2.75. The van der Waals surface area contributed by atoms with E-state index in [1.807, 2.05) is 30.3 Å². The van der Waals surface area contributed by atoms with E-state index < -0.39 is 0 Å². The number of hydrogen-bond acceptors (Lipinski definition) is 6. The number of hydrogen-bond donors (Lipinski definition) is 1. The molecule has 0 unspecified atom stereocenters. The highest BCUT2D eigenvalue weighted by Gasteiger charge is 2.09.